The van der Waals surface area contributed by atoms with E-state index >= 15 is 0 Å². The molecule has 2 heterocycles. The standard InChI is InChI=1S/C19H18F2N4O/c20-14-6-13-10-25(24-18(13)17(7-14)19(22)26)16-3-1-11(2-4-16)12-5-15(21)9-23-8-12/h1-4,6-7,10,12,15,23H,5,8-9H2,(H2,22,26)/t12-,15+/m0/s1. The van der Waals surface area contributed by atoms with Crippen molar-refractivity contribution < 1.29 is 13.6 Å². The Morgan fingerprint density at radius 1 is 1.23 bits per heavy atom. The van der Waals surface area contributed by atoms with Gasteiger partial charge in [-0.3, -0.25) is 4.79 Å². The number of piperidine rings is 1. The lowest BCUT2D eigenvalue weighted by Gasteiger charge is -2.26. The Morgan fingerprint density at radius 3 is 2.69 bits per heavy atom. The first-order valence-corrected chi connectivity index (χ1v) is 8.45. The monoisotopic (exact) mass is 356 g/mol. The second-order valence-corrected chi connectivity index (χ2v) is 6.61. The summed E-state index contributed by atoms with van der Waals surface area (Å²) >= 11 is 0. The third-order valence-electron chi connectivity index (χ3n) is 4.76. The first kappa shape index (κ1) is 16.7. The van der Waals surface area contributed by atoms with Gasteiger partial charge in [-0.15, -0.1) is 0 Å². The van der Waals surface area contributed by atoms with Crippen molar-refractivity contribution in [2.24, 2.45) is 5.73 Å². The number of carbonyl (C=O) groups is 1. The SMILES string of the molecule is NC(=O)c1cc(F)cc2cn(-c3ccc([C@@H]4CNC[C@H](F)C4)cc3)nc12. The topological polar surface area (TPSA) is 72.9 Å². The number of primary amides is 1. The van der Waals surface area contributed by atoms with Crippen LogP contribution in [-0.4, -0.2) is 34.9 Å². The molecule has 3 aromatic rings. The highest BCUT2D eigenvalue weighted by molar-refractivity contribution is 6.04. The summed E-state index contributed by atoms with van der Waals surface area (Å²) in [5.41, 5.74) is 7.56. The number of fused-ring (bicyclic) bond motifs is 1. The number of alkyl halides is 1. The lowest BCUT2D eigenvalue weighted by Crippen LogP contribution is -2.36. The minimum atomic E-state index is -0.827. The van der Waals surface area contributed by atoms with Crippen LogP contribution in [0.5, 0.6) is 0 Å². The Morgan fingerprint density at radius 2 is 2.00 bits per heavy atom. The van der Waals surface area contributed by atoms with Gasteiger partial charge in [-0.25, -0.2) is 13.5 Å². The van der Waals surface area contributed by atoms with Crippen LogP contribution in [0.15, 0.2) is 42.6 Å². The maximum absolute atomic E-state index is 13.7. The van der Waals surface area contributed by atoms with Crippen molar-refractivity contribution >= 4 is 16.8 Å². The van der Waals surface area contributed by atoms with Gasteiger partial charge in [0, 0.05) is 24.7 Å². The highest BCUT2D eigenvalue weighted by Crippen LogP contribution is 2.26. The molecule has 2 atom stereocenters. The molecule has 0 radical (unpaired) electrons. The van der Waals surface area contributed by atoms with E-state index in [2.05, 4.69) is 10.4 Å². The molecular weight excluding hydrogens is 338 g/mol. The van der Waals surface area contributed by atoms with Crippen molar-refractivity contribution in [1.82, 2.24) is 15.1 Å². The average molecular weight is 356 g/mol. The number of benzene rings is 2. The van der Waals surface area contributed by atoms with Crippen LogP contribution in [-0.2, 0) is 0 Å². The fourth-order valence-corrected chi connectivity index (χ4v) is 3.46. The first-order chi connectivity index (χ1) is 12.5. The fourth-order valence-electron chi connectivity index (χ4n) is 3.46. The number of halogens is 2. The summed E-state index contributed by atoms with van der Waals surface area (Å²) in [5, 5.41) is 7.97. The van der Waals surface area contributed by atoms with E-state index in [-0.39, 0.29) is 11.5 Å². The van der Waals surface area contributed by atoms with Gasteiger partial charge in [-0.1, -0.05) is 12.1 Å². The lowest BCUT2D eigenvalue weighted by molar-refractivity contribution is 0.100. The van der Waals surface area contributed by atoms with E-state index < -0.39 is 17.9 Å². The van der Waals surface area contributed by atoms with Crippen LogP contribution in [0, 0.1) is 5.82 Å². The highest BCUT2D eigenvalue weighted by atomic mass is 19.1. The van der Waals surface area contributed by atoms with Crippen LogP contribution in [0.1, 0.15) is 28.3 Å². The number of hydrogen-bond acceptors (Lipinski definition) is 3. The zero-order chi connectivity index (χ0) is 18.3. The lowest BCUT2D eigenvalue weighted by atomic mass is 9.91. The number of aromatic nitrogens is 2. The van der Waals surface area contributed by atoms with Crippen LogP contribution >= 0.6 is 0 Å². The third-order valence-corrected chi connectivity index (χ3v) is 4.76. The molecule has 1 aliphatic heterocycles. The summed E-state index contributed by atoms with van der Waals surface area (Å²) in [7, 11) is 0. The molecule has 0 aliphatic carbocycles. The molecule has 26 heavy (non-hydrogen) atoms. The van der Waals surface area contributed by atoms with E-state index in [4.69, 9.17) is 5.73 Å². The van der Waals surface area contributed by atoms with Crippen LogP contribution in [0.2, 0.25) is 0 Å². The number of hydrogen-bond donors (Lipinski definition) is 2. The Bertz CT molecular complexity index is 968. The predicted octanol–water partition coefficient (Wildman–Crippen LogP) is 2.68. The second kappa shape index (κ2) is 6.49. The van der Waals surface area contributed by atoms with Crippen molar-refractivity contribution in [3.05, 3.63) is 59.5 Å². The maximum Gasteiger partial charge on any atom is 0.251 e. The molecule has 0 spiro atoms. The quantitative estimate of drug-likeness (QED) is 0.758. The van der Waals surface area contributed by atoms with E-state index in [1.165, 1.54) is 6.07 Å². The van der Waals surface area contributed by atoms with Crippen molar-refractivity contribution in [3.63, 3.8) is 0 Å². The third kappa shape index (κ3) is 3.06. The Hall–Kier alpha value is -2.80. The molecule has 0 unspecified atom stereocenters. The molecule has 0 saturated carbocycles. The van der Waals surface area contributed by atoms with Crippen LogP contribution in [0.25, 0.3) is 16.6 Å². The molecule has 1 saturated heterocycles. The van der Waals surface area contributed by atoms with Gasteiger partial charge in [0.25, 0.3) is 5.91 Å². The zero-order valence-electron chi connectivity index (χ0n) is 14.0. The number of carbonyl (C=O) groups excluding carboxylic acids is 1. The van der Waals surface area contributed by atoms with Gasteiger partial charge in [0.1, 0.15) is 17.5 Å². The smallest absolute Gasteiger partial charge is 0.251 e. The van der Waals surface area contributed by atoms with Crippen LogP contribution < -0.4 is 11.1 Å². The molecule has 1 amide bonds. The molecule has 4 rings (SSSR count). The van der Waals surface area contributed by atoms with Gasteiger partial charge in [0.2, 0.25) is 0 Å². The van der Waals surface area contributed by atoms with Gasteiger partial charge in [0.05, 0.1) is 11.3 Å². The summed E-state index contributed by atoms with van der Waals surface area (Å²) in [6.45, 7) is 1.17. The maximum atomic E-state index is 13.7. The highest BCUT2D eigenvalue weighted by Gasteiger charge is 2.22. The van der Waals surface area contributed by atoms with Gasteiger partial charge >= 0.3 is 0 Å². The first-order valence-electron chi connectivity index (χ1n) is 8.45. The molecule has 0 bridgehead atoms. The van der Waals surface area contributed by atoms with Gasteiger partial charge < -0.3 is 11.1 Å². The van der Waals surface area contributed by atoms with Gasteiger partial charge in [0.15, 0.2) is 0 Å². The van der Waals surface area contributed by atoms with Crippen LogP contribution in [0.4, 0.5) is 8.78 Å². The molecule has 7 heteroatoms. The molecule has 1 aliphatic rings. The minimum absolute atomic E-state index is 0.0534. The van der Waals surface area contributed by atoms with Crippen molar-refractivity contribution in [1.29, 1.82) is 0 Å². The summed E-state index contributed by atoms with van der Waals surface area (Å²) in [4.78, 5) is 11.5. The summed E-state index contributed by atoms with van der Waals surface area (Å²) in [5.74, 6) is -1.12. The molecule has 3 N–H and O–H groups in total. The molecule has 1 fully saturated rings. The number of nitrogens with zero attached hydrogens (tertiary/aromatic N) is 2. The fraction of sp³-hybridized carbons (Fsp3) is 0.263. The van der Waals surface area contributed by atoms with E-state index in [1.54, 1.807) is 10.9 Å². The normalized spacial score (nSPS) is 20.4. The molecule has 1 aromatic heterocycles. The molecule has 2 aromatic carbocycles. The van der Waals surface area contributed by atoms with Crippen LogP contribution in [0.3, 0.4) is 0 Å². The molecule has 134 valence electrons. The second-order valence-electron chi connectivity index (χ2n) is 6.61. The van der Waals surface area contributed by atoms with Gasteiger partial charge in [-0.2, -0.15) is 5.10 Å². The Labute approximate surface area is 148 Å². The summed E-state index contributed by atoms with van der Waals surface area (Å²) in [6.07, 6.45) is 1.34. The number of rotatable bonds is 3. The van der Waals surface area contributed by atoms with Crippen molar-refractivity contribution in [3.8, 4) is 5.69 Å². The van der Waals surface area contributed by atoms with Crippen molar-refractivity contribution in [2.75, 3.05) is 13.1 Å². The number of nitrogens with one attached hydrogen (secondary N) is 1. The average Bonchev–Trinajstić information content (AvgIpc) is 3.04. The largest absolute Gasteiger partial charge is 0.366 e. The molecule has 5 nitrogen and oxygen atoms in total. The van der Waals surface area contributed by atoms with E-state index in [1.807, 2.05) is 24.3 Å². The van der Waals surface area contributed by atoms with Crippen molar-refractivity contribution in [2.45, 2.75) is 18.5 Å². The minimum Gasteiger partial charge on any atom is -0.366 e. The Balaban J connectivity index is 1.67. The predicted molar refractivity (Wildman–Crippen MR) is 94.7 cm³/mol. The number of nitrogens with two attached hydrogens (primary N) is 1. The number of amides is 1. The van der Waals surface area contributed by atoms with E-state index in [0.717, 1.165) is 23.9 Å². The summed E-state index contributed by atoms with van der Waals surface area (Å²) in [6, 6.07) is 10.1. The van der Waals surface area contributed by atoms with E-state index in [0.29, 0.717) is 23.9 Å². The van der Waals surface area contributed by atoms with E-state index in [9.17, 15) is 13.6 Å². The van der Waals surface area contributed by atoms with Gasteiger partial charge in [-0.05, 0) is 42.2 Å². The Kier molecular flexibility index (Phi) is 4.16. The zero-order valence-corrected chi connectivity index (χ0v) is 14.0. The summed E-state index contributed by atoms with van der Waals surface area (Å²) < 4.78 is 28.8. The molecular formula is C19H18F2N4O.